The van der Waals surface area contributed by atoms with Gasteiger partial charge in [0.05, 0.1) is 0 Å². The number of benzene rings is 1. The van der Waals surface area contributed by atoms with Crippen LogP contribution in [0.25, 0.3) is 0 Å². The van der Waals surface area contributed by atoms with E-state index < -0.39 is 0 Å². The Morgan fingerprint density at radius 1 is 1.30 bits per heavy atom. The molecule has 1 amide bonds. The first-order chi connectivity index (χ1) is 9.67. The summed E-state index contributed by atoms with van der Waals surface area (Å²) in [5.41, 5.74) is 1.36. The van der Waals surface area contributed by atoms with Crippen molar-refractivity contribution in [2.45, 2.75) is 26.2 Å². The largest absolute Gasteiger partial charge is 0.326 e. The molecule has 1 N–H and O–H groups in total. The molecule has 1 fully saturated rings. The van der Waals surface area contributed by atoms with Gasteiger partial charge in [-0.1, -0.05) is 6.92 Å². The van der Waals surface area contributed by atoms with Gasteiger partial charge < -0.3 is 10.2 Å². The maximum Gasteiger partial charge on any atom is 0.225 e. The van der Waals surface area contributed by atoms with Crippen molar-refractivity contribution in [3.05, 3.63) is 29.8 Å². The average molecular weight is 274 g/mol. The van der Waals surface area contributed by atoms with Gasteiger partial charge in [-0.05, 0) is 56.1 Å². The van der Waals surface area contributed by atoms with Crippen LogP contribution in [0.2, 0.25) is 0 Å². The Labute approximate surface area is 120 Å². The summed E-state index contributed by atoms with van der Waals surface area (Å²) >= 11 is 0. The van der Waals surface area contributed by atoms with Gasteiger partial charge in [0, 0.05) is 24.2 Å². The van der Waals surface area contributed by atoms with Crippen molar-refractivity contribution in [2.24, 2.45) is 5.92 Å². The van der Waals surface area contributed by atoms with Gasteiger partial charge in [0.15, 0.2) is 0 Å². The summed E-state index contributed by atoms with van der Waals surface area (Å²) in [5, 5.41) is 2.86. The van der Waals surface area contributed by atoms with Crippen molar-refractivity contribution in [3.63, 3.8) is 0 Å². The fraction of sp³-hybridized carbons (Fsp3) is 0.500. The van der Waals surface area contributed by atoms with Gasteiger partial charge in [0.1, 0.15) is 6.29 Å². The molecule has 1 aliphatic rings. The summed E-state index contributed by atoms with van der Waals surface area (Å²) in [6, 6.07) is 6.91. The second kappa shape index (κ2) is 7.20. The molecule has 1 heterocycles. The van der Waals surface area contributed by atoms with E-state index in [2.05, 4.69) is 17.1 Å². The Bertz CT molecular complexity index is 448. The minimum atomic E-state index is 0.0301. The van der Waals surface area contributed by atoms with E-state index in [0.717, 1.165) is 37.5 Å². The standard InChI is InChI=1S/C16H22N2O2/c1-13-6-9-18(10-7-13)11-8-16(20)17-15-4-2-14(12-19)3-5-15/h2-5,12-13H,6-11H2,1H3,(H,17,20). The van der Waals surface area contributed by atoms with Crippen LogP contribution in [0.1, 0.15) is 36.5 Å². The van der Waals surface area contributed by atoms with Crippen molar-refractivity contribution >= 4 is 17.9 Å². The Balaban J connectivity index is 1.73. The van der Waals surface area contributed by atoms with E-state index in [4.69, 9.17) is 0 Å². The number of anilines is 1. The molecule has 0 unspecified atom stereocenters. The lowest BCUT2D eigenvalue weighted by atomic mass is 9.99. The summed E-state index contributed by atoms with van der Waals surface area (Å²) < 4.78 is 0. The molecular formula is C16H22N2O2. The smallest absolute Gasteiger partial charge is 0.225 e. The summed E-state index contributed by atoms with van der Waals surface area (Å²) in [6.07, 6.45) is 3.77. The minimum Gasteiger partial charge on any atom is -0.326 e. The third kappa shape index (κ3) is 4.46. The van der Waals surface area contributed by atoms with Crippen LogP contribution < -0.4 is 5.32 Å². The highest BCUT2D eigenvalue weighted by atomic mass is 16.1. The highest BCUT2D eigenvalue weighted by Gasteiger charge is 2.16. The molecule has 1 aromatic rings. The molecule has 1 aliphatic heterocycles. The highest BCUT2D eigenvalue weighted by Crippen LogP contribution is 2.16. The fourth-order valence-corrected chi connectivity index (χ4v) is 2.41. The molecule has 0 aromatic heterocycles. The monoisotopic (exact) mass is 274 g/mol. The van der Waals surface area contributed by atoms with Crippen molar-refractivity contribution in [1.29, 1.82) is 0 Å². The number of hydrogen-bond acceptors (Lipinski definition) is 3. The SMILES string of the molecule is CC1CCN(CCC(=O)Nc2ccc(C=O)cc2)CC1. The third-order valence-electron chi connectivity index (χ3n) is 3.86. The van der Waals surface area contributed by atoms with E-state index in [-0.39, 0.29) is 5.91 Å². The lowest BCUT2D eigenvalue weighted by Gasteiger charge is -2.29. The van der Waals surface area contributed by atoms with Gasteiger partial charge >= 0.3 is 0 Å². The Hall–Kier alpha value is -1.68. The van der Waals surface area contributed by atoms with Gasteiger partial charge in [-0.25, -0.2) is 0 Å². The van der Waals surface area contributed by atoms with Crippen LogP contribution in [0.3, 0.4) is 0 Å². The van der Waals surface area contributed by atoms with E-state index in [0.29, 0.717) is 12.0 Å². The lowest BCUT2D eigenvalue weighted by molar-refractivity contribution is -0.116. The van der Waals surface area contributed by atoms with Gasteiger partial charge in [-0.15, -0.1) is 0 Å². The number of nitrogens with zero attached hydrogens (tertiary/aromatic N) is 1. The average Bonchev–Trinajstić information content (AvgIpc) is 2.47. The van der Waals surface area contributed by atoms with Crippen molar-refractivity contribution in [2.75, 3.05) is 25.0 Å². The van der Waals surface area contributed by atoms with Crippen LogP contribution in [0.15, 0.2) is 24.3 Å². The molecule has 108 valence electrons. The number of aldehydes is 1. The zero-order valence-electron chi connectivity index (χ0n) is 12.0. The Kier molecular flexibility index (Phi) is 5.30. The summed E-state index contributed by atoms with van der Waals surface area (Å²) in [4.78, 5) is 24.8. The van der Waals surface area contributed by atoms with Gasteiger partial charge in [0.25, 0.3) is 0 Å². The maximum atomic E-state index is 11.9. The van der Waals surface area contributed by atoms with Gasteiger partial charge in [0.2, 0.25) is 5.91 Å². The second-order valence-electron chi connectivity index (χ2n) is 5.56. The quantitative estimate of drug-likeness (QED) is 0.840. The number of piperidine rings is 1. The number of likely N-dealkylation sites (tertiary alicyclic amines) is 1. The first-order valence-electron chi connectivity index (χ1n) is 7.25. The number of hydrogen-bond donors (Lipinski definition) is 1. The predicted octanol–water partition coefficient (Wildman–Crippen LogP) is 2.56. The van der Waals surface area contributed by atoms with E-state index in [1.165, 1.54) is 12.8 Å². The van der Waals surface area contributed by atoms with Gasteiger partial charge in [-0.2, -0.15) is 0 Å². The van der Waals surface area contributed by atoms with Crippen LogP contribution in [0, 0.1) is 5.92 Å². The summed E-state index contributed by atoms with van der Waals surface area (Å²) in [7, 11) is 0. The molecule has 2 rings (SSSR count). The zero-order valence-corrected chi connectivity index (χ0v) is 12.0. The first-order valence-corrected chi connectivity index (χ1v) is 7.25. The van der Waals surface area contributed by atoms with Crippen LogP contribution in [-0.4, -0.2) is 36.7 Å². The summed E-state index contributed by atoms with van der Waals surface area (Å²) in [5.74, 6) is 0.846. The molecule has 4 heteroatoms. The van der Waals surface area contributed by atoms with Crippen molar-refractivity contribution in [3.8, 4) is 0 Å². The van der Waals surface area contributed by atoms with E-state index in [1.807, 2.05) is 0 Å². The normalized spacial score (nSPS) is 16.9. The topological polar surface area (TPSA) is 49.4 Å². The molecule has 4 nitrogen and oxygen atoms in total. The minimum absolute atomic E-state index is 0.0301. The first kappa shape index (κ1) is 14.7. The lowest BCUT2D eigenvalue weighted by Crippen LogP contribution is -2.35. The molecule has 0 radical (unpaired) electrons. The molecule has 20 heavy (non-hydrogen) atoms. The third-order valence-corrected chi connectivity index (χ3v) is 3.86. The molecule has 0 saturated carbocycles. The molecule has 0 atom stereocenters. The van der Waals surface area contributed by atoms with E-state index >= 15 is 0 Å². The van der Waals surface area contributed by atoms with E-state index in [9.17, 15) is 9.59 Å². The Morgan fingerprint density at radius 3 is 2.55 bits per heavy atom. The number of carbonyl (C=O) groups excluding carboxylic acids is 2. The van der Waals surface area contributed by atoms with Crippen LogP contribution >= 0.6 is 0 Å². The summed E-state index contributed by atoms with van der Waals surface area (Å²) in [6.45, 7) is 5.31. The number of amides is 1. The predicted molar refractivity (Wildman–Crippen MR) is 79.9 cm³/mol. The van der Waals surface area contributed by atoms with E-state index in [1.54, 1.807) is 24.3 Å². The number of rotatable bonds is 5. The molecular weight excluding hydrogens is 252 g/mol. The number of nitrogens with one attached hydrogen (secondary N) is 1. The highest BCUT2D eigenvalue weighted by molar-refractivity contribution is 5.91. The Morgan fingerprint density at radius 2 is 1.95 bits per heavy atom. The van der Waals surface area contributed by atoms with Crippen LogP contribution in [0.5, 0.6) is 0 Å². The second-order valence-corrected chi connectivity index (χ2v) is 5.56. The number of carbonyl (C=O) groups is 2. The van der Waals surface area contributed by atoms with Crippen LogP contribution in [0.4, 0.5) is 5.69 Å². The zero-order chi connectivity index (χ0) is 14.4. The van der Waals surface area contributed by atoms with Crippen LogP contribution in [-0.2, 0) is 4.79 Å². The molecule has 0 spiro atoms. The maximum absolute atomic E-state index is 11.9. The van der Waals surface area contributed by atoms with Crippen molar-refractivity contribution < 1.29 is 9.59 Å². The molecule has 1 saturated heterocycles. The van der Waals surface area contributed by atoms with Gasteiger partial charge in [-0.3, -0.25) is 9.59 Å². The van der Waals surface area contributed by atoms with Crippen molar-refractivity contribution in [1.82, 2.24) is 4.90 Å². The molecule has 1 aromatic carbocycles. The molecule has 0 bridgehead atoms. The molecule has 0 aliphatic carbocycles. The fourth-order valence-electron chi connectivity index (χ4n) is 2.41.